The molecule has 2 rings (SSSR count). The molecule has 6 heteroatoms. The van der Waals surface area contributed by atoms with Crippen LogP contribution in [0.1, 0.15) is 12.8 Å². The van der Waals surface area contributed by atoms with E-state index in [9.17, 15) is 8.42 Å². The Bertz CT molecular complexity index is 520. The molecule has 1 N–H and O–H groups in total. The average Bonchev–Trinajstić information content (AvgIpc) is 2.47. The van der Waals surface area contributed by atoms with E-state index in [0.717, 1.165) is 31.7 Å². The van der Waals surface area contributed by atoms with Gasteiger partial charge in [-0.1, -0.05) is 18.2 Å². The summed E-state index contributed by atoms with van der Waals surface area (Å²) < 4.78 is 24.7. The number of hydrogen-bond acceptors (Lipinski definition) is 4. The molecule has 1 heterocycles. The van der Waals surface area contributed by atoms with E-state index in [2.05, 4.69) is 29.6 Å². The van der Waals surface area contributed by atoms with E-state index in [1.807, 2.05) is 17.8 Å². The zero-order chi connectivity index (χ0) is 15.1. The van der Waals surface area contributed by atoms with E-state index in [1.165, 1.54) is 11.2 Å². The van der Waals surface area contributed by atoms with Gasteiger partial charge in [0.1, 0.15) is 0 Å². The average molecular weight is 329 g/mol. The maximum atomic E-state index is 11.6. The molecule has 0 saturated carbocycles. The van der Waals surface area contributed by atoms with Crippen molar-refractivity contribution < 1.29 is 8.42 Å². The standard InChI is InChI=1S/C15H24N2O2S2/c1-21(18,19)17-10-5-6-14(13-17)12-16-9-11-20-15-7-3-2-4-8-15/h2-4,7-8,14,16H,5-6,9-13H2,1H3. The van der Waals surface area contributed by atoms with Crippen LogP contribution in [0, 0.1) is 5.92 Å². The van der Waals surface area contributed by atoms with Gasteiger partial charge in [0.05, 0.1) is 6.26 Å². The summed E-state index contributed by atoms with van der Waals surface area (Å²) in [4.78, 5) is 1.29. The summed E-state index contributed by atoms with van der Waals surface area (Å²) in [5.41, 5.74) is 0. The molecule has 0 aliphatic carbocycles. The Kier molecular flexibility index (Phi) is 6.54. The molecule has 21 heavy (non-hydrogen) atoms. The van der Waals surface area contributed by atoms with Gasteiger partial charge < -0.3 is 5.32 Å². The van der Waals surface area contributed by atoms with Gasteiger partial charge in [0, 0.05) is 30.3 Å². The van der Waals surface area contributed by atoms with Crippen LogP contribution in [0.25, 0.3) is 0 Å². The van der Waals surface area contributed by atoms with Gasteiger partial charge in [-0.05, 0) is 37.4 Å². The van der Waals surface area contributed by atoms with Gasteiger partial charge in [-0.25, -0.2) is 12.7 Å². The van der Waals surface area contributed by atoms with Crippen LogP contribution < -0.4 is 5.32 Å². The molecule has 0 radical (unpaired) electrons. The molecule has 1 aromatic carbocycles. The first-order valence-corrected chi connectivity index (χ1v) is 10.2. The third-order valence-electron chi connectivity index (χ3n) is 3.67. The summed E-state index contributed by atoms with van der Waals surface area (Å²) in [6, 6.07) is 10.4. The lowest BCUT2D eigenvalue weighted by Gasteiger charge is -2.31. The SMILES string of the molecule is CS(=O)(=O)N1CCCC(CNCCSc2ccccc2)C1. The van der Waals surface area contributed by atoms with Crippen molar-refractivity contribution in [1.82, 2.24) is 9.62 Å². The lowest BCUT2D eigenvalue weighted by atomic mass is 10.00. The number of hydrogen-bond donors (Lipinski definition) is 1. The van der Waals surface area contributed by atoms with Crippen molar-refractivity contribution >= 4 is 21.8 Å². The number of sulfonamides is 1. The predicted molar refractivity (Wildman–Crippen MR) is 89.2 cm³/mol. The van der Waals surface area contributed by atoms with Crippen molar-refractivity contribution in [1.29, 1.82) is 0 Å². The summed E-state index contributed by atoms with van der Waals surface area (Å²) in [6.45, 7) is 3.20. The fraction of sp³-hybridized carbons (Fsp3) is 0.600. The lowest BCUT2D eigenvalue weighted by molar-refractivity contribution is 0.262. The highest BCUT2D eigenvalue weighted by Gasteiger charge is 2.25. The van der Waals surface area contributed by atoms with Gasteiger partial charge in [-0.2, -0.15) is 0 Å². The molecule has 1 saturated heterocycles. The van der Waals surface area contributed by atoms with Gasteiger partial charge in [0.15, 0.2) is 0 Å². The van der Waals surface area contributed by atoms with Gasteiger partial charge in [-0.15, -0.1) is 11.8 Å². The number of benzene rings is 1. The molecule has 1 aliphatic rings. The quantitative estimate of drug-likeness (QED) is 0.615. The molecule has 1 aromatic rings. The zero-order valence-corrected chi connectivity index (χ0v) is 14.1. The number of thioether (sulfide) groups is 1. The predicted octanol–water partition coefficient (Wildman–Crippen LogP) is 2.04. The van der Waals surface area contributed by atoms with Crippen molar-refractivity contribution in [3.63, 3.8) is 0 Å². The summed E-state index contributed by atoms with van der Waals surface area (Å²) >= 11 is 1.84. The van der Waals surface area contributed by atoms with E-state index in [4.69, 9.17) is 0 Å². The maximum Gasteiger partial charge on any atom is 0.211 e. The summed E-state index contributed by atoms with van der Waals surface area (Å²) in [5, 5.41) is 3.46. The fourth-order valence-corrected chi connectivity index (χ4v) is 4.33. The van der Waals surface area contributed by atoms with Crippen LogP contribution in [0.3, 0.4) is 0 Å². The number of rotatable bonds is 7. The van der Waals surface area contributed by atoms with Crippen molar-refractivity contribution in [3.8, 4) is 0 Å². The number of piperidine rings is 1. The Morgan fingerprint density at radius 1 is 1.33 bits per heavy atom. The van der Waals surface area contributed by atoms with E-state index in [-0.39, 0.29) is 0 Å². The molecule has 0 spiro atoms. The van der Waals surface area contributed by atoms with Crippen LogP contribution in [0.5, 0.6) is 0 Å². The maximum absolute atomic E-state index is 11.6. The fourth-order valence-electron chi connectivity index (χ4n) is 2.56. The minimum Gasteiger partial charge on any atom is -0.316 e. The minimum atomic E-state index is -3.03. The Morgan fingerprint density at radius 3 is 2.81 bits per heavy atom. The topological polar surface area (TPSA) is 49.4 Å². The minimum absolute atomic E-state index is 0.440. The van der Waals surface area contributed by atoms with Crippen LogP contribution in [-0.4, -0.2) is 50.9 Å². The third kappa shape index (κ3) is 5.98. The first kappa shape index (κ1) is 16.8. The van der Waals surface area contributed by atoms with Crippen molar-refractivity contribution in [2.24, 2.45) is 5.92 Å². The third-order valence-corrected chi connectivity index (χ3v) is 5.96. The number of nitrogens with one attached hydrogen (secondary N) is 1. The van der Waals surface area contributed by atoms with Crippen LogP contribution in [0.4, 0.5) is 0 Å². The van der Waals surface area contributed by atoms with Crippen LogP contribution in [0.2, 0.25) is 0 Å². The number of nitrogens with zero attached hydrogens (tertiary/aromatic N) is 1. The normalized spacial score (nSPS) is 20.5. The van der Waals surface area contributed by atoms with Gasteiger partial charge in [-0.3, -0.25) is 0 Å². The first-order valence-electron chi connectivity index (χ1n) is 7.39. The lowest BCUT2D eigenvalue weighted by Crippen LogP contribution is -2.42. The first-order chi connectivity index (χ1) is 10.1. The second-order valence-corrected chi connectivity index (χ2v) is 8.65. The van der Waals surface area contributed by atoms with E-state index in [1.54, 1.807) is 4.31 Å². The highest BCUT2D eigenvalue weighted by molar-refractivity contribution is 7.99. The highest BCUT2D eigenvalue weighted by atomic mass is 32.2. The van der Waals surface area contributed by atoms with E-state index < -0.39 is 10.0 Å². The molecule has 1 atom stereocenters. The van der Waals surface area contributed by atoms with E-state index in [0.29, 0.717) is 19.0 Å². The molecule has 0 bridgehead atoms. The van der Waals surface area contributed by atoms with Crippen LogP contribution in [-0.2, 0) is 10.0 Å². The molecule has 118 valence electrons. The van der Waals surface area contributed by atoms with Gasteiger partial charge in [0.25, 0.3) is 0 Å². The van der Waals surface area contributed by atoms with Crippen LogP contribution in [0.15, 0.2) is 35.2 Å². The summed E-state index contributed by atoms with van der Waals surface area (Å²) in [5.74, 6) is 1.47. The van der Waals surface area contributed by atoms with Crippen molar-refractivity contribution in [2.75, 3.05) is 38.2 Å². The molecule has 1 aliphatic heterocycles. The molecular weight excluding hydrogens is 304 g/mol. The van der Waals surface area contributed by atoms with Crippen LogP contribution >= 0.6 is 11.8 Å². The smallest absolute Gasteiger partial charge is 0.211 e. The van der Waals surface area contributed by atoms with Gasteiger partial charge in [0.2, 0.25) is 10.0 Å². The molecule has 1 fully saturated rings. The second kappa shape index (κ2) is 8.17. The Balaban J connectivity index is 1.62. The molecule has 0 amide bonds. The summed E-state index contributed by atoms with van der Waals surface area (Å²) in [6.07, 6.45) is 3.39. The Labute approximate surface area is 132 Å². The van der Waals surface area contributed by atoms with Crippen molar-refractivity contribution in [3.05, 3.63) is 30.3 Å². The molecule has 1 unspecified atom stereocenters. The molecular formula is C15H24N2O2S2. The largest absolute Gasteiger partial charge is 0.316 e. The highest BCUT2D eigenvalue weighted by Crippen LogP contribution is 2.18. The molecule has 4 nitrogen and oxygen atoms in total. The Morgan fingerprint density at radius 2 is 2.10 bits per heavy atom. The van der Waals surface area contributed by atoms with Gasteiger partial charge >= 0.3 is 0 Å². The molecule has 0 aromatic heterocycles. The van der Waals surface area contributed by atoms with Crippen molar-refractivity contribution in [2.45, 2.75) is 17.7 Å². The monoisotopic (exact) mass is 328 g/mol. The second-order valence-electron chi connectivity index (χ2n) is 5.49. The van der Waals surface area contributed by atoms with E-state index >= 15 is 0 Å². The summed E-state index contributed by atoms with van der Waals surface area (Å²) in [7, 11) is -3.03. The Hall–Kier alpha value is -0.560. The zero-order valence-electron chi connectivity index (χ0n) is 12.5.